The predicted molar refractivity (Wildman–Crippen MR) is 114 cm³/mol. The molecule has 12 heteroatoms. The average molecular weight is 460 g/mol. The molecule has 0 atom stereocenters. The van der Waals surface area contributed by atoms with E-state index in [4.69, 9.17) is 21.1 Å². The summed E-state index contributed by atoms with van der Waals surface area (Å²) in [5.74, 6) is -1.13. The number of methoxy groups -OCH3 is 1. The Morgan fingerprint density at radius 2 is 1.97 bits per heavy atom. The van der Waals surface area contributed by atoms with Crippen LogP contribution in [0.5, 0.6) is 5.75 Å². The monoisotopic (exact) mass is 459 g/mol. The van der Waals surface area contributed by atoms with Crippen molar-refractivity contribution in [1.82, 2.24) is 14.8 Å². The Hall–Kier alpha value is -3.99. The third kappa shape index (κ3) is 5.01. The smallest absolute Gasteiger partial charge is 0.359 e. The van der Waals surface area contributed by atoms with Crippen LogP contribution in [0.15, 0.2) is 36.4 Å². The number of nitrogens with zero attached hydrogens (tertiary/aromatic N) is 4. The quantitative estimate of drug-likeness (QED) is 0.322. The number of aromatic nitrogens is 3. The van der Waals surface area contributed by atoms with E-state index in [2.05, 4.69) is 15.4 Å². The number of carbonyl (C=O) groups is 2. The van der Waals surface area contributed by atoms with Gasteiger partial charge in [0.25, 0.3) is 11.6 Å². The van der Waals surface area contributed by atoms with Crippen LogP contribution in [0.4, 0.5) is 11.4 Å². The second kappa shape index (κ2) is 9.43. The van der Waals surface area contributed by atoms with Crippen LogP contribution in [0.1, 0.15) is 21.9 Å². The van der Waals surface area contributed by atoms with Crippen LogP contribution in [0, 0.1) is 24.0 Å². The molecule has 0 bridgehead atoms. The highest BCUT2D eigenvalue weighted by Crippen LogP contribution is 2.29. The molecule has 11 nitrogen and oxygen atoms in total. The Morgan fingerprint density at radius 1 is 1.22 bits per heavy atom. The first-order valence-electron chi connectivity index (χ1n) is 9.19. The van der Waals surface area contributed by atoms with Gasteiger partial charge in [-0.3, -0.25) is 14.9 Å². The lowest BCUT2D eigenvalue weighted by Gasteiger charge is -2.11. The molecular formula is C20H18ClN5O6. The zero-order valence-electron chi connectivity index (χ0n) is 17.3. The molecular weight excluding hydrogens is 442 g/mol. The SMILES string of the molecule is COc1cc([N+](=O)[O-])ccc1NC(=O)COC(=O)c1nc(-n2nc(C)cc2C)ccc1Cl. The van der Waals surface area contributed by atoms with Gasteiger partial charge in [0.15, 0.2) is 18.1 Å². The number of hydrogen-bond donors (Lipinski definition) is 1. The van der Waals surface area contributed by atoms with E-state index >= 15 is 0 Å². The summed E-state index contributed by atoms with van der Waals surface area (Å²) in [5.41, 5.74) is 1.41. The first-order valence-corrected chi connectivity index (χ1v) is 9.57. The number of nitrogens with one attached hydrogen (secondary N) is 1. The van der Waals surface area contributed by atoms with Crippen LogP contribution in [-0.2, 0) is 9.53 Å². The molecule has 166 valence electrons. The van der Waals surface area contributed by atoms with E-state index in [0.29, 0.717) is 5.82 Å². The molecule has 0 spiro atoms. The highest BCUT2D eigenvalue weighted by atomic mass is 35.5. The first kappa shape index (κ1) is 22.7. The van der Waals surface area contributed by atoms with Gasteiger partial charge in [-0.25, -0.2) is 14.5 Å². The number of hydrogen-bond acceptors (Lipinski definition) is 8. The van der Waals surface area contributed by atoms with E-state index in [1.807, 2.05) is 19.9 Å². The third-order valence-corrected chi connectivity index (χ3v) is 4.56. The summed E-state index contributed by atoms with van der Waals surface area (Å²) in [6.07, 6.45) is 0. The van der Waals surface area contributed by atoms with Crippen molar-refractivity contribution < 1.29 is 24.0 Å². The van der Waals surface area contributed by atoms with Gasteiger partial charge in [0, 0.05) is 11.8 Å². The number of nitro benzene ring substituents is 1. The second-order valence-corrected chi connectivity index (χ2v) is 7.01. The number of halogens is 1. The van der Waals surface area contributed by atoms with Crippen molar-refractivity contribution in [3.8, 4) is 11.6 Å². The van der Waals surface area contributed by atoms with Crippen molar-refractivity contribution in [1.29, 1.82) is 0 Å². The minimum atomic E-state index is -0.899. The number of non-ortho nitro benzene ring substituents is 1. The molecule has 2 aromatic heterocycles. The summed E-state index contributed by atoms with van der Waals surface area (Å²) < 4.78 is 11.6. The van der Waals surface area contributed by atoms with Gasteiger partial charge in [0.2, 0.25) is 0 Å². The van der Waals surface area contributed by atoms with Gasteiger partial charge in [-0.15, -0.1) is 0 Å². The van der Waals surface area contributed by atoms with Crippen molar-refractivity contribution in [2.45, 2.75) is 13.8 Å². The number of nitro groups is 1. The normalized spacial score (nSPS) is 10.5. The van der Waals surface area contributed by atoms with Crippen molar-refractivity contribution >= 4 is 34.9 Å². The van der Waals surface area contributed by atoms with Crippen molar-refractivity contribution in [2.24, 2.45) is 0 Å². The molecule has 0 unspecified atom stereocenters. The molecule has 0 aliphatic heterocycles. The largest absolute Gasteiger partial charge is 0.494 e. The molecule has 2 heterocycles. The van der Waals surface area contributed by atoms with Crippen LogP contribution in [0.25, 0.3) is 5.82 Å². The van der Waals surface area contributed by atoms with Gasteiger partial charge in [-0.1, -0.05) is 11.6 Å². The minimum absolute atomic E-state index is 0.0535. The van der Waals surface area contributed by atoms with Crippen LogP contribution >= 0.6 is 11.6 Å². The zero-order chi connectivity index (χ0) is 23.4. The molecule has 0 saturated heterocycles. The number of amides is 1. The fourth-order valence-electron chi connectivity index (χ4n) is 2.84. The summed E-state index contributed by atoms with van der Waals surface area (Å²) in [6, 6.07) is 8.62. The highest BCUT2D eigenvalue weighted by molar-refractivity contribution is 6.33. The lowest BCUT2D eigenvalue weighted by Crippen LogP contribution is -2.22. The Kier molecular flexibility index (Phi) is 6.69. The Labute approximate surface area is 187 Å². The fraction of sp³-hybridized carbons (Fsp3) is 0.200. The fourth-order valence-corrected chi connectivity index (χ4v) is 3.02. The number of carbonyl (C=O) groups excluding carboxylic acids is 2. The van der Waals surface area contributed by atoms with Crippen LogP contribution < -0.4 is 10.1 Å². The molecule has 1 amide bonds. The van der Waals surface area contributed by atoms with E-state index < -0.39 is 23.4 Å². The average Bonchev–Trinajstić information content (AvgIpc) is 3.10. The Morgan fingerprint density at radius 3 is 2.59 bits per heavy atom. The predicted octanol–water partition coefficient (Wildman–Crippen LogP) is 3.25. The maximum atomic E-state index is 12.5. The molecule has 3 aromatic rings. The number of ether oxygens (including phenoxy) is 2. The molecule has 32 heavy (non-hydrogen) atoms. The Balaban J connectivity index is 1.69. The van der Waals surface area contributed by atoms with Crippen LogP contribution in [0.2, 0.25) is 5.02 Å². The van der Waals surface area contributed by atoms with Gasteiger partial charge in [0.1, 0.15) is 5.75 Å². The van der Waals surface area contributed by atoms with Gasteiger partial charge < -0.3 is 14.8 Å². The summed E-state index contributed by atoms with van der Waals surface area (Å²) in [4.78, 5) is 39.2. The van der Waals surface area contributed by atoms with Crippen LogP contribution in [0.3, 0.4) is 0 Å². The van der Waals surface area contributed by atoms with E-state index in [-0.39, 0.29) is 27.8 Å². The molecule has 0 aliphatic rings. The van der Waals surface area contributed by atoms with E-state index in [1.165, 1.54) is 25.3 Å². The first-order chi connectivity index (χ1) is 15.2. The molecule has 0 saturated carbocycles. The number of esters is 1. The van der Waals surface area contributed by atoms with Gasteiger partial charge in [0.05, 0.1) is 34.5 Å². The third-order valence-electron chi connectivity index (χ3n) is 4.26. The maximum Gasteiger partial charge on any atom is 0.359 e. The number of anilines is 1. The van der Waals surface area contributed by atoms with E-state index in [9.17, 15) is 19.7 Å². The maximum absolute atomic E-state index is 12.5. The number of benzene rings is 1. The van der Waals surface area contributed by atoms with Gasteiger partial charge in [-0.05, 0) is 38.1 Å². The number of rotatable bonds is 7. The summed E-state index contributed by atoms with van der Waals surface area (Å²) in [6.45, 7) is 3.03. The standard InChI is InChI=1S/C20H18ClN5O6/c1-11-8-12(2)25(24-11)17-7-5-14(21)19(23-17)20(28)32-10-18(27)22-15-6-4-13(26(29)30)9-16(15)31-3/h4-9H,10H2,1-3H3,(H,22,27). The summed E-state index contributed by atoms with van der Waals surface area (Å²) >= 11 is 6.08. The van der Waals surface area contributed by atoms with Crippen molar-refractivity contribution in [3.05, 3.63) is 68.6 Å². The van der Waals surface area contributed by atoms with E-state index in [1.54, 1.807) is 10.7 Å². The topological polar surface area (TPSA) is 138 Å². The second-order valence-electron chi connectivity index (χ2n) is 6.60. The van der Waals surface area contributed by atoms with Gasteiger partial charge in [-0.2, -0.15) is 5.10 Å². The van der Waals surface area contributed by atoms with Gasteiger partial charge >= 0.3 is 5.97 Å². The van der Waals surface area contributed by atoms with Crippen LogP contribution in [-0.4, -0.2) is 45.3 Å². The summed E-state index contributed by atoms with van der Waals surface area (Å²) in [7, 11) is 1.30. The van der Waals surface area contributed by atoms with Crippen molar-refractivity contribution in [2.75, 3.05) is 19.0 Å². The molecule has 0 fully saturated rings. The zero-order valence-corrected chi connectivity index (χ0v) is 18.0. The summed E-state index contributed by atoms with van der Waals surface area (Å²) in [5, 5.41) is 17.7. The number of aryl methyl sites for hydroxylation is 2. The number of pyridine rings is 1. The molecule has 1 aromatic carbocycles. The molecule has 0 radical (unpaired) electrons. The molecule has 1 N–H and O–H groups in total. The van der Waals surface area contributed by atoms with E-state index in [0.717, 1.165) is 17.5 Å². The molecule has 0 aliphatic carbocycles. The minimum Gasteiger partial charge on any atom is -0.494 e. The lowest BCUT2D eigenvalue weighted by atomic mass is 10.2. The molecule has 3 rings (SSSR count). The highest BCUT2D eigenvalue weighted by Gasteiger charge is 2.19. The van der Waals surface area contributed by atoms with Crippen molar-refractivity contribution in [3.63, 3.8) is 0 Å². The lowest BCUT2D eigenvalue weighted by molar-refractivity contribution is -0.384. The Bertz CT molecular complexity index is 1210.